The van der Waals surface area contributed by atoms with Crippen LogP contribution in [0.25, 0.3) is 0 Å². The molecule has 2 aliphatic carbocycles. The van der Waals surface area contributed by atoms with Gasteiger partial charge in [0.1, 0.15) is 0 Å². The van der Waals surface area contributed by atoms with Crippen LogP contribution in [0.2, 0.25) is 0 Å². The van der Waals surface area contributed by atoms with Crippen molar-refractivity contribution in [3.63, 3.8) is 0 Å². The molecule has 0 bridgehead atoms. The fraction of sp³-hybridized carbons (Fsp3) is 0.900. The second kappa shape index (κ2) is 8.96. The fourth-order valence-electron chi connectivity index (χ4n) is 5.11. The molecular weight excluding hydrogens is 259 g/mol. The maximum Gasteiger partial charge on any atom is 0.0827 e. The van der Waals surface area contributed by atoms with Gasteiger partial charge in [-0.25, -0.2) is 4.39 Å². The minimum absolute atomic E-state index is 0.706. The molecule has 1 heteroatoms. The molecule has 2 fully saturated rings. The van der Waals surface area contributed by atoms with Crippen LogP contribution in [0.5, 0.6) is 0 Å². The van der Waals surface area contributed by atoms with Crippen molar-refractivity contribution in [1.82, 2.24) is 0 Å². The minimum atomic E-state index is 0.706. The summed E-state index contributed by atoms with van der Waals surface area (Å²) in [5, 5.41) is 0. The van der Waals surface area contributed by atoms with Crippen LogP contribution in [-0.2, 0) is 0 Å². The smallest absolute Gasteiger partial charge is 0.0827 e. The number of halogens is 1. The molecule has 0 N–H and O–H groups in total. The Labute approximate surface area is 131 Å². The molecular formula is C20H35F. The molecule has 0 nitrogen and oxygen atoms in total. The lowest BCUT2D eigenvalue weighted by molar-refractivity contribution is 0.0431. The van der Waals surface area contributed by atoms with E-state index in [0.717, 1.165) is 18.3 Å². The summed E-state index contributed by atoms with van der Waals surface area (Å²) in [5.41, 5.74) is 0.706. The van der Waals surface area contributed by atoms with Crippen molar-refractivity contribution < 1.29 is 4.39 Å². The predicted octanol–water partition coefficient (Wildman–Crippen LogP) is 7.20. The number of rotatable bonds is 7. The average molecular weight is 294 g/mol. The topological polar surface area (TPSA) is 0 Å². The first-order valence-corrected chi connectivity index (χ1v) is 9.56. The lowest BCUT2D eigenvalue weighted by Gasteiger charge is -2.47. The molecule has 2 saturated carbocycles. The van der Waals surface area contributed by atoms with Gasteiger partial charge < -0.3 is 0 Å². The van der Waals surface area contributed by atoms with Gasteiger partial charge in [-0.2, -0.15) is 0 Å². The Morgan fingerprint density at radius 3 is 2.38 bits per heavy atom. The van der Waals surface area contributed by atoms with Gasteiger partial charge in [0.05, 0.1) is 6.33 Å². The molecule has 0 aromatic rings. The van der Waals surface area contributed by atoms with Crippen LogP contribution < -0.4 is 0 Å². The Kier molecular flexibility index (Phi) is 7.26. The Hall–Kier alpha value is -0.330. The molecule has 0 aliphatic heterocycles. The summed E-state index contributed by atoms with van der Waals surface area (Å²) in [6.07, 6.45) is 22.0. The van der Waals surface area contributed by atoms with E-state index < -0.39 is 0 Å². The van der Waals surface area contributed by atoms with Crippen molar-refractivity contribution >= 4 is 0 Å². The second-order valence-corrected chi connectivity index (χ2v) is 7.68. The van der Waals surface area contributed by atoms with E-state index in [1.54, 1.807) is 6.08 Å². The van der Waals surface area contributed by atoms with Crippen LogP contribution in [0.1, 0.15) is 96.8 Å². The van der Waals surface area contributed by atoms with Gasteiger partial charge in [0.25, 0.3) is 0 Å². The van der Waals surface area contributed by atoms with Gasteiger partial charge in [-0.3, -0.25) is 0 Å². The Morgan fingerprint density at radius 1 is 1.05 bits per heavy atom. The van der Waals surface area contributed by atoms with Crippen molar-refractivity contribution in [3.05, 3.63) is 12.4 Å². The van der Waals surface area contributed by atoms with Gasteiger partial charge in [0.2, 0.25) is 0 Å². The van der Waals surface area contributed by atoms with Crippen LogP contribution >= 0.6 is 0 Å². The molecule has 0 spiro atoms. The van der Waals surface area contributed by atoms with Gasteiger partial charge in [-0.1, -0.05) is 57.9 Å². The van der Waals surface area contributed by atoms with E-state index in [4.69, 9.17) is 0 Å². The lowest BCUT2D eigenvalue weighted by Crippen LogP contribution is -2.35. The van der Waals surface area contributed by atoms with Crippen molar-refractivity contribution in [2.45, 2.75) is 96.8 Å². The first-order chi connectivity index (χ1) is 10.3. The molecule has 0 aromatic carbocycles. The summed E-state index contributed by atoms with van der Waals surface area (Å²) in [7, 11) is 0. The fourth-order valence-corrected chi connectivity index (χ4v) is 5.11. The highest BCUT2D eigenvalue weighted by atomic mass is 19.1. The number of hydrogen-bond donors (Lipinski definition) is 0. The molecule has 0 unspecified atom stereocenters. The third-order valence-electron chi connectivity index (χ3n) is 6.42. The highest BCUT2D eigenvalue weighted by Crippen LogP contribution is 2.52. The summed E-state index contributed by atoms with van der Waals surface area (Å²) in [6, 6.07) is 0. The Balaban J connectivity index is 1.85. The van der Waals surface area contributed by atoms with Crippen LogP contribution in [0, 0.1) is 17.3 Å². The Bertz CT molecular complexity index is 293. The van der Waals surface area contributed by atoms with E-state index in [1.165, 1.54) is 83.5 Å². The Morgan fingerprint density at radius 2 is 1.76 bits per heavy atom. The van der Waals surface area contributed by atoms with Gasteiger partial charge >= 0.3 is 0 Å². The zero-order chi connectivity index (χ0) is 15.0. The second-order valence-electron chi connectivity index (χ2n) is 7.68. The minimum Gasteiger partial charge on any atom is -0.216 e. The molecule has 122 valence electrons. The quantitative estimate of drug-likeness (QED) is 0.466. The maximum absolute atomic E-state index is 12.0. The van der Waals surface area contributed by atoms with Crippen molar-refractivity contribution in [2.24, 2.45) is 17.3 Å². The first kappa shape index (κ1) is 17.0. The summed E-state index contributed by atoms with van der Waals surface area (Å²) in [6.45, 7) is 2.34. The van der Waals surface area contributed by atoms with E-state index in [1.807, 2.05) is 0 Å². The van der Waals surface area contributed by atoms with Crippen molar-refractivity contribution in [2.75, 3.05) is 0 Å². The van der Waals surface area contributed by atoms with E-state index in [-0.39, 0.29) is 0 Å². The summed E-state index contributed by atoms with van der Waals surface area (Å²) in [4.78, 5) is 0. The largest absolute Gasteiger partial charge is 0.216 e. The van der Waals surface area contributed by atoms with Crippen LogP contribution in [0.4, 0.5) is 4.39 Å². The summed E-state index contributed by atoms with van der Waals surface area (Å²) < 4.78 is 12.0. The SMILES string of the molecule is CCCCC1(C2CCC(CC/C=C/F)CC2)CCCCC1. The van der Waals surface area contributed by atoms with Gasteiger partial charge in [-0.15, -0.1) is 0 Å². The van der Waals surface area contributed by atoms with Crippen LogP contribution in [0.3, 0.4) is 0 Å². The lowest BCUT2D eigenvalue weighted by atomic mass is 9.58. The molecule has 0 aromatic heterocycles. The highest BCUT2D eigenvalue weighted by molar-refractivity contribution is 4.91. The molecule has 2 aliphatic rings. The van der Waals surface area contributed by atoms with Crippen molar-refractivity contribution in [3.8, 4) is 0 Å². The molecule has 0 saturated heterocycles. The molecule has 0 heterocycles. The van der Waals surface area contributed by atoms with E-state index in [0.29, 0.717) is 11.7 Å². The zero-order valence-electron chi connectivity index (χ0n) is 14.1. The monoisotopic (exact) mass is 294 g/mol. The van der Waals surface area contributed by atoms with E-state index >= 15 is 0 Å². The summed E-state index contributed by atoms with van der Waals surface area (Å²) >= 11 is 0. The maximum atomic E-state index is 12.0. The number of allylic oxidation sites excluding steroid dienone is 1. The first-order valence-electron chi connectivity index (χ1n) is 9.56. The number of hydrogen-bond acceptors (Lipinski definition) is 0. The molecule has 21 heavy (non-hydrogen) atoms. The normalized spacial score (nSPS) is 29.8. The molecule has 0 amide bonds. The van der Waals surface area contributed by atoms with Gasteiger partial charge in [0.15, 0.2) is 0 Å². The van der Waals surface area contributed by atoms with E-state index in [2.05, 4.69) is 6.92 Å². The van der Waals surface area contributed by atoms with Crippen LogP contribution in [-0.4, -0.2) is 0 Å². The zero-order valence-corrected chi connectivity index (χ0v) is 14.1. The van der Waals surface area contributed by atoms with Crippen LogP contribution in [0.15, 0.2) is 12.4 Å². The highest BCUT2D eigenvalue weighted by Gasteiger charge is 2.40. The molecule has 0 radical (unpaired) electrons. The third kappa shape index (κ3) is 4.83. The van der Waals surface area contributed by atoms with Gasteiger partial charge in [0, 0.05) is 0 Å². The van der Waals surface area contributed by atoms with Crippen molar-refractivity contribution in [1.29, 1.82) is 0 Å². The summed E-state index contributed by atoms with van der Waals surface area (Å²) in [5.74, 6) is 1.86. The average Bonchev–Trinajstić information content (AvgIpc) is 2.55. The standard InChI is InChI=1S/C20H35F/c1-2-3-14-20(15-6-4-7-16-20)19-12-10-18(11-13-19)9-5-8-17-21/h8,17-19H,2-7,9-16H2,1H3/b17-8+. The molecule has 2 rings (SSSR count). The number of unbranched alkanes of at least 4 members (excludes halogenated alkanes) is 1. The van der Waals surface area contributed by atoms with E-state index in [9.17, 15) is 4.39 Å². The predicted molar refractivity (Wildman–Crippen MR) is 90.0 cm³/mol. The third-order valence-corrected chi connectivity index (χ3v) is 6.42. The van der Waals surface area contributed by atoms with Gasteiger partial charge in [-0.05, 0) is 62.2 Å². The molecule has 0 atom stereocenters.